The Morgan fingerprint density at radius 1 is 1.25 bits per heavy atom. The van der Waals surface area contributed by atoms with Crippen molar-refractivity contribution < 1.29 is 13.2 Å². The smallest absolute Gasteiger partial charge is 0.220 e. The Morgan fingerprint density at radius 3 is 2.31 bits per heavy atom. The summed E-state index contributed by atoms with van der Waals surface area (Å²) in [5.41, 5.74) is 1.01. The third-order valence-corrected chi connectivity index (χ3v) is 3.89. The van der Waals surface area contributed by atoms with Crippen LogP contribution in [0.25, 0.3) is 0 Å². The minimum Gasteiger partial charge on any atom is -0.355 e. The molecule has 1 heterocycles. The largest absolute Gasteiger partial charge is 0.355 e. The lowest BCUT2D eigenvalue weighted by atomic mass is 9.99. The number of hydrogen-bond donors (Lipinski definition) is 1. The van der Waals surface area contributed by atoms with Crippen LogP contribution in [0, 0.1) is 0 Å². The molecule has 1 aliphatic rings. The van der Waals surface area contributed by atoms with Gasteiger partial charge < -0.3 is 5.32 Å². The molecular formula is C11H13NO3S. The number of carbonyl (C=O) groups excluding carboxylic acids is 1. The van der Waals surface area contributed by atoms with E-state index in [-0.39, 0.29) is 11.8 Å². The number of sulfone groups is 1. The zero-order valence-corrected chi connectivity index (χ0v) is 9.75. The Balaban J connectivity index is 2.23. The van der Waals surface area contributed by atoms with Gasteiger partial charge in [0.1, 0.15) is 0 Å². The second kappa shape index (κ2) is 3.90. The van der Waals surface area contributed by atoms with Crippen LogP contribution in [0.15, 0.2) is 29.2 Å². The molecule has 1 unspecified atom stereocenters. The van der Waals surface area contributed by atoms with Gasteiger partial charge in [0.25, 0.3) is 0 Å². The molecule has 0 saturated carbocycles. The molecule has 5 heteroatoms. The Bertz CT molecular complexity index is 505. The highest BCUT2D eigenvalue weighted by Gasteiger charge is 2.22. The maximum Gasteiger partial charge on any atom is 0.220 e. The first-order valence-electron chi connectivity index (χ1n) is 5.03. The lowest BCUT2D eigenvalue weighted by Crippen LogP contribution is -2.13. The van der Waals surface area contributed by atoms with Gasteiger partial charge in [0.2, 0.25) is 5.91 Å². The van der Waals surface area contributed by atoms with Gasteiger partial charge in [0.15, 0.2) is 9.84 Å². The number of rotatable bonds is 2. The van der Waals surface area contributed by atoms with E-state index in [0.29, 0.717) is 17.9 Å². The van der Waals surface area contributed by atoms with Gasteiger partial charge in [-0.2, -0.15) is 0 Å². The summed E-state index contributed by atoms with van der Waals surface area (Å²) in [5, 5.41) is 2.76. The molecule has 16 heavy (non-hydrogen) atoms. The predicted octanol–water partition coefficient (Wildman–Crippen LogP) is 0.694. The molecule has 0 spiro atoms. The first kappa shape index (κ1) is 11.1. The monoisotopic (exact) mass is 239 g/mol. The highest BCUT2D eigenvalue weighted by atomic mass is 32.2. The molecule has 0 radical (unpaired) electrons. The van der Waals surface area contributed by atoms with Crippen molar-refractivity contribution in [3.8, 4) is 0 Å². The van der Waals surface area contributed by atoms with Gasteiger partial charge in [-0.05, 0) is 17.7 Å². The summed E-state index contributed by atoms with van der Waals surface area (Å²) in [6.07, 6.45) is 1.67. The van der Waals surface area contributed by atoms with E-state index in [9.17, 15) is 13.2 Å². The van der Waals surface area contributed by atoms with Crippen LogP contribution in [0.1, 0.15) is 17.9 Å². The molecule has 1 aliphatic heterocycles. The fourth-order valence-electron chi connectivity index (χ4n) is 1.83. The summed E-state index contributed by atoms with van der Waals surface area (Å²) in [6, 6.07) is 6.74. The molecule has 1 atom stereocenters. The summed E-state index contributed by atoms with van der Waals surface area (Å²) in [6.45, 7) is 0.636. The fourth-order valence-corrected chi connectivity index (χ4v) is 2.46. The van der Waals surface area contributed by atoms with Gasteiger partial charge in [0, 0.05) is 25.1 Å². The van der Waals surface area contributed by atoms with Crippen molar-refractivity contribution in [1.29, 1.82) is 0 Å². The van der Waals surface area contributed by atoms with Crippen LogP contribution in [0.3, 0.4) is 0 Å². The van der Waals surface area contributed by atoms with E-state index >= 15 is 0 Å². The van der Waals surface area contributed by atoms with Gasteiger partial charge >= 0.3 is 0 Å². The van der Waals surface area contributed by atoms with Gasteiger partial charge in [0.05, 0.1) is 4.90 Å². The number of amides is 1. The highest BCUT2D eigenvalue weighted by Crippen LogP contribution is 2.23. The molecule has 0 aromatic heterocycles. The van der Waals surface area contributed by atoms with Crippen LogP contribution in [0.5, 0.6) is 0 Å². The van der Waals surface area contributed by atoms with Crippen LogP contribution in [-0.4, -0.2) is 27.1 Å². The summed E-state index contributed by atoms with van der Waals surface area (Å²) in [5.74, 6) is 0.221. The highest BCUT2D eigenvalue weighted by molar-refractivity contribution is 7.90. The third kappa shape index (κ3) is 2.24. The van der Waals surface area contributed by atoms with E-state index in [2.05, 4.69) is 5.32 Å². The topological polar surface area (TPSA) is 63.2 Å². The van der Waals surface area contributed by atoms with Crippen molar-refractivity contribution in [2.75, 3.05) is 12.8 Å². The van der Waals surface area contributed by atoms with E-state index in [4.69, 9.17) is 0 Å². The Labute approximate surface area is 94.6 Å². The molecule has 4 nitrogen and oxygen atoms in total. The Hall–Kier alpha value is -1.36. The Kier molecular flexibility index (Phi) is 2.71. The van der Waals surface area contributed by atoms with E-state index in [1.165, 1.54) is 6.26 Å². The number of nitrogens with one attached hydrogen (secondary N) is 1. The molecule has 1 amide bonds. The summed E-state index contributed by atoms with van der Waals surface area (Å²) < 4.78 is 22.5. The minimum atomic E-state index is -3.14. The molecule has 1 fully saturated rings. The average molecular weight is 239 g/mol. The maximum absolute atomic E-state index is 11.3. The quantitative estimate of drug-likeness (QED) is 0.826. The molecule has 1 N–H and O–H groups in total. The zero-order chi connectivity index (χ0) is 11.8. The second-order valence-corrected chi connectivity index (χ2v) is 6.06. The van der Waals surface area contributed by atoms with Crippen molar-refractivity contribution in [2.45, 2.75) is 17.2 Å². The van der Waals surface area contributed by atoms with Crippen LogP contribution in [0.2, 0.25) is 0 Å². The zero-order valence-electron chi connectivity index (χ0n) is 8.93. The second-order valence-electron chi connectivity index (χ2n) is 4.05. The van der Waals surface area contributed by atoms with Crippen molar-refractivity contribution in [1.82, 2.24) is 5.32 Å². The van der Waals surface area contributed by atoms with Gasteiger partial charge in [-0.15, -0.1) is 0 Å². The maximum atomic E-state index is 11.3. The van der Waals surface area contributed by atoms with Crippen LogP contribution < -0.4 is 5.32 Å². The number of carbonyl (C=O) groups is 1. The van der Waals surface area contributed by atoms with E-state index in [1.807, 2.05) is 0 Å². The molecule has 0 bridgehead atoms. The number of hydrogen-bond acceptors (Lipinski definition) is 3. The SMILES string of the molecule is CS(=O)(=O)c1ccc(C2CNC(=O)C2)cc1. The molecule has 1 saturated heterocycles. The van der Waals surface area contributed by atoms with Crippen molar-refractivity contribution in [3.05, 3.63) is 29.8 Å². The minimum absolute atomic E-state index is 0.0530. The lowest BCUT2D eigenvalue weighted by molar-refractivity contribution is -0.119. The predicted molar refractivity (Wildman–Crippen MR) is 59.9 cm³/mol. The molecule has 0 aliphatic carbocycles. The normalized spacial score (nSPS) is 20.8. The lowest BCUT2D eigenvalue weighted by Gasteiger charge is -2.07. The van der Waals surface area contributed by atoms with E-state index < -0.39 is 9.84 Å². The van der Waals surface area contributed by atoms with E-state index in [1.54, 1.807) is 24.3 Å². The average Bonchev–Trinajstić information content (AvgIpc) is 2.64. The van der Waals surface area contributed by atoms with Gasteiger partial charge in [-0.3, -0.25) is 4.79 Å². The molecule has 1 aromatic carbocycles. The van der Waals surface area contributed by atoms with Crippen molar-refractivity contribution in [2.24, 2.45) is 0 Å². The van der Waals surface area contributed by atoms with E-state index in [0.717, 1.165) is 5.56 Å². The van der Waals surface area contributed by atoms with Crippen LogP contribution in [-0.2, 0) is 14.6 Å². The number of benzene rings is 1. The third-order valence-electron chi connectivity index (χ3n) is 2.76. The summed E-state index contributed by atoms with van der Waals surface area (Å²) in [4.78, 5) is 11.4. The molecule has 2 rings (SSSR count). The molecule has 1 aromatic rings. The summed E-state index contributed by atoms with van der Waals surface area (Å²) >= 11 is 0. The first-order chi connectivity index (χ1) is 7.47. The fraction of sp³-hybridized carbons (Fsp3) is 0.364. The molecular weight excluding hydrogens is 226 g/mol. The molecule has 86 valence electrons. The Morgan fingerprint density at radius 2 is 1.88 bits per heavy atom. The van der Waals surface area contributed by atoms with Crippen LogP contribution in [0.4, 0.5) is 0 Å². The standard InChI is InChI=1S/C11H13NO3S/c1-16(14,15)10-4-2-8(3-5-10)9-6-11(13)12-7-9/h2-5,9H,6-7H2,1H3,(H,12,13). The van der Waals surface area contributed by atoms with Gasteiger partial charge in [-0.25, -0.2) is 8.42 Å². The van der Waals surface area contributed by atoms with Gasteiger partial charge in [-0.1, -0.05) is 12.1 Å². The van der Waals surface area contributed by atoms with Crippen LogP contribution >= 0.6 is 0 Å². The summed E-state index contributed by atoms with van der Waals surface area (Å²) in [7, 11) is -3.14. The van der Waals surface area contributed by atoms with Crippen molar-refractivity contribution >= 4 is 15.7 Å². The van der Waals surface area contributed by atoms with Crippen molar-refractivity contribution in [3.63, 3.8) is 0 Å². The first-order valence-corrected chi connectivity index (χ1v) is 6.92.